The highest BCUT2D eigenvalue weighted by Gasteiger charge is 2.28. The van der Waals surface area contributed by atoms with Gasteiger partial charge in [0, 0.05) is 6.04 Å². The number of hydrogen-bond acceptors (Lipinski definition) is 3. The van der Waals surface area contributed by atoms with Gasteiger partial charge in [-0.2, -0.15) is 0 Å². The zero-order valence-corrected chi connectivity index (χ0v) is 12.1. The maximum Gasteiger partial charge on any atom is 0.253 e. The first-order chi connectivity index (χ1) is 9.44. The van der Waals surface area contributed by atoms with Gasteiger partial charge in [-0.15, -0.1) is 0 Å². The number of likely N-dealkylation sites (N-methyl/N-ethyl adjacent to an activating group) is 1. The Morgan fingerprint density at radius 1 is 1.20 bits per heavy atom. The highest BCUT2D eigenvalue weighted by Crippen LogP contribution is 2.22. The average Bonchev–Trinajstić information content (AvgIpc) is 3.23. The Labute approximate surface area is 119 Å². The lowest BCUT2D eigenvalue weighted by Crippen LogP contribution is -2.48. The smallest absolute Gasteiger partial charge is 0.253 e. The highest BCUT2D eigenvalue weighted by molar-refractivity contribution is 6.05. The van der Waals surface area contributed by atoms with Gasteiger partial charge in [-0.3, -0.25) is 9.59 Å². The molecule has 0 unspecified atom stereocenters. The molecule has 1 saturated carbocycles. The van der Waals surface area contributed by atoms with Crippen LogP contribution in [0.1, 0.15) is 37.0 Å². The van der Waals surface area contributed by atoms with Crippen LogP contribution < -0.4 is 16.0 Å². The lowest BCUT2D eigenvalue weighted by atomic mass is 10.0. The maximum absolute atomic E-state index is 12.2. The highest BCUT2D eigenvalue weighted by atomic mass is 16.2. The Hall–Kier alpha value is -1.88. The fourth-order valence-corrected chi connectivity index (χ4v) is 1.67. The van der Waals surface area contributed by atoms with Gasteiger partial charge in [-0.1, -0.05) is 12.1 Å². The molecule has 20 heavy (non-hydrogen) atoms. The van der Waals surface area contributed by atoms with Crippen molar-refractivity contribution in [3.8, 4) is 0 Å². The number of amides is 2. The first-order valence-corrected chi connectivity index (χ1v) is 6.84. The van der Waals surface area contributed by atoms with Crippen LogP contribution in [0.4, 0.5) is 5.69 Å². The number of anilines is 1. The molecule has 0 aliphatic heterocycles. The van der Waals surface area contributed by atoms with Gasteiger partial charge in [-0.25, -0.2) is 0 Å². The number of hydrogen-bond donors (Lipinski definition) is 3. The van der Waals surface area contributed by atoms with E-state index in [4.69, 9.17) is 0 Å². The van der Waals surface area contributed by atoms with Crippen molar-refractivity contribution in [1.82, 2.24) is 10.6 Å². The van der Waals surface area contributed by atoms with Gasteiger partial charge in [0.2, 0.25) is 5.91 Å². The molecule has 1 aliphatic carbocycles. The van der Waals surface area contributed by atoms with Crippen LogP contribution in [-0.2, 0) is 4.79 Å². The van der Waals surface area contributed by atoms with E-state index in [9.17, 15) is 9.59 Å². The van der Waals surface area contributed by atoms with Crippen molar-refractivity contribution in [3.63, 3.8) is 0 Å². The van der Waals surface area contributed by atoms with Crippen molar-refractivity contribution in [2.24, 2.45) is 0 Å². The summed E-state index contributed by atoms with van der Waals surface area (Å²) in [6.45, 7) is 3.57. The zero-order valence-electron chi connectivity index (χ0n) is 12.1. The number of carbonyl (C=O) groups excluding carboxylic acids is 2. The fraction of sp³-hybridized carbons (Fsp3) is 0.467. The number of nitrogens with one attached hydrogen (secondary N) is 3. The third kappa shape index (κ3) is 3.36. The van der Waals surface area contributed by atoms with E-state index in [0.717, 1.165) is 12.8 Å². The molecule has 1 aromatic carbocycles. The summed E-state index contributed by atoms with van der Waals surface area (Å²) >= 11 is 0. The Balaban J connectivity index is 2.15. The summed E-state index contributed by atoms with van der Waals surface area (Å²) in [6.07, 6.45) is 2.07. The largest absolute Gasteiger partial charge is 0.349 e. The number of carbonyl (C=O) groups is 2. The van der Waals surface area contributed by atoms with Gasteiger partial charge >= 0.3 is 0 Å². The van der Waals surface area contributed by atoms with E-state index in [1.165, 1.54) is 0 Å². The molecule has 0 radical (unpaired) electrons. The lowest BCUT2D eigenvalue weighted by molar-refractivity contribution is -0.121. The second kappa shape index (κ2) is 5.63. The minimum atomic E-state index is -0.694. The Morgan fingerprint density at radius 3 is 2.45 bits per heavy atom. The zero-order chi connectivity index (χ0) is 14.8. The third-order valence-electron chi connectivity index (χ3n) is 3.53. The van der Waals surface area contributed by atoms with E-state index < -0.39 is 5.54 Å². The third-order valence-corrected chi connectivity index (χ3v) is 3.53. The van der Waals surface area contributed by atoms with E-state index in [-0.39, 0.29) is 11.8 Å². The predicted octanol–water partition coefficient (Wildman–Crippen LogP) is 1.52. The predicted molar refractivity (Wildman–Crippen MR) is 78.7 cm³/mol. The minimum absolute atomic E-state index is 0.134. The van der Waals surface area contributed by atoms with Crippen molar-refractivity contribution < 1.29 is 9.59 Å². The lowest BCUT2D eigenvalue weighted by Gasteiger charge is -2.23. The van der Waals surface area contributed by atoms with Gasteiger partial charge in [-0.05, 0) is 45.9 Å². The van der Waals surface area contributed by atoms with Crippen LogP contribution in [0, 0.1) is 0 Å². The quantitative estimate of drug-likeness (QED) is 0.763. The SMILES string of the molecule is CNC(C)(C)C(=O)Nc1ccccc1C(=O)NC1CC1. The van der Waals surface area contributed by atoms with Gasteiger partial charge in [0.15, 0.2) is 0 Å². The van der Waals surface area contributed by atoms with E-state index in [1.54, 1.807) is 45.2 Å². The Bertz CT molecular complexity index is 522. The van der Waals surface area contributed by atoms with E-state index in [2.05, 4.69) is 16.0 Å². The molecule has 1 aromatic rings. The van der Waals surface area contributed by atoms with Gasteiger partial charge in [0.05, 0.1) is 16.8 Å². The van der Waals surface area contributed by atoms with Crippen LogP contribution in [0.2, 0.25) is 0 Å². The topological polar surface area (TPSA) is 70.2 Å². The van der Waals surface area contributed by atoms with Crippen molar-refractivity contribution >= 4 is 17.5 Å². The summed E-state index contributed by atoms with van der Waals surface area (Å²) in [4.78, 5) is 24.3. The average molecular weight is 275 g/mol. The summed E-state index contributed by atoms with van der Waals surface area (Å²) in [7, 11) is 1.73. The number of para-hydroxylation sites is 1. The van der Waals surface area contributed by atoms with Crippen LogP contribution in [-0.4, -0.2) is 30.4 Å². The molecule has 1 aliphatic rings. The molecule has 108 valence electrons. The minimum Gasteiger partial charge on any atom is -0.349 e. The van der Waals surface area contributed by atoms with Gasteiger partial charge in [0.1, 0.15) is 0 Å². The second-order valence-electron chi connectivity index (χ2n) is 5.62. The molecule has 0 heterocycles. The summed E-state index contributed by atoms with van der Waals surface area (Å²) in [5.74, 6) is -0.308. The Kier molecular flexibility index (Phi) is 4.09. The molecule has 1 fully saturated rings. The molecule has 0 saturated heterocycles. The summed E-state index contributed by atoms with van der Waals surface area (Å²) in [5.41, 5.74) is 0.346. The standard InChI is InChI=1S/C15H21N3O2/c1-15(2,16-3)14(20)18-12-7-5-4-6-11(12)13(19)17-10-8-9-10/h4-7,10,16H,8-9H2,1-3H3,(H,17,19)(H,18,20). The van der Waals surface area contributed by atoms with Crippen LogP contribution in [0.3, 0.4) is 0 Å². The van der Waals surface area contributed by atoms with Gasteiger partial charge < -0.3 is 16.0 Å². The number of benzene rings is 1. The van der Waals surface area contributed by atoms with E-state index in [0.29, 0.717) is 17.3 Å². The normalized spacial score (nSPS) is 14.8. The molecule has 2 rings (SSSR count). The van der Waals surface area contributed by atoms with Crippen molar-refractivity contribution in [1.29, 1.82) is 0 Å². The number of rotatable bonds is 5. The molecular weight excluding hydrogens is 254 g/mol. The molecule has 5 heteroatoms. The van der Waals surface area contributed by atoms with Crippen molar-refractivity contribution in [3.05, 3.63) is 29.8 Å². The van der Waals surface area contributed by atoms with E-state index in [1.807, 2.05) is 0 Å². The fourth-order valence-electron chi connectivity index (χ4n) is 1.67. The van der Waals surface area contributed by atoms with Gasteiger partial charge in [0.25, 0.3) is 5.91 Å². The summed E-state index contributed by atoms with van der Waals surface area (Å²) in [5, 5.41) is 8.68. The van der Waals surface area contributed by atoms with E-state index >= 15 is 0 Å². The molecule has 0 aromatic heterocycles. The first kappa shape index (κ1) is 14.5. The van der Waals surface area contributed by atoms with Crippen LogP contribution in [0.25, 0.3) is 0 Å². The first-order valence-electron chi connectivity index (χ1n) is 6.84. The molecular formula is C15H21N3O2. The van der Waals surface area contributed by atoms with Crippen LogP contribution in [0.15, 0.2) is 24.3 Å². The van der Waals surface area contributed by atoms with Crippen molar-refractivity contribution in [2.45, 2.75) is 38.3 Å². The molecule has 3 N–H and O–H groups in total. The summed E-state index contributed by atoms with van der Waals surface area (Å²) < 4.78 is 0. The molecule has 0 spiro atoms. The molecule has 2 amide bonds. The summed E-state index contributed by atoms with van der Waals surface area (Å²) in [6, 6.07) is 7.35. The maximum atomic E-state index is 12.2. The van der Waals surface area contributed by atoms with Crippen molar-refractivity contribution in [2.75, 3.05) is 12.4 Å². The molecule has 5 nitrogen and oxygen atoms in total. The Morgan fingerprint density at radius 2 is 1.85 bits per heavy atom. The molecule has 0 bridgehead atoms. The molecule has 0 atom stereocenters. The van der Waals surface area contributed by atoms with Crippen LogP contribution in [0.5, 0.6) is 0 Å². The van der Waals surface area contributed by atoms with Crippen LogP contribution >= 0.6 is 0 Å². The monoisotopic (exact) mass is 275 g/mol. The second-order valence-corrected chi connectivity index (χ2v) is 5.62.